The zero-order valence-electron chi connectivity index (χ0n) is 20.6. The summed E-state index contributed by atoms with van der Waals surface area (Å²) in [5.41, 5.74) is 1.16. The van der Waals surface area contributed by atoms with Crippen molar-refractivity contribution < 1.29 is 23.1 Å². The number of aliphatic hydroxyl groups is 1. The molecule has 0 radical (unpaired) electrons. The molecule has 0 fully saturated rings. The first-order valence-corrected chi connectivity index (χ1v) is 13.2. The molecule has 1 aromatic heterocycles. The summed E-state index contributed by atoms with van der Waals surface area (Å²) in [6, 6.07) is 7.51. The van der Waals surface area contributed by atoms with Gasteiger partial charge in [-0.05, 0) is 43.7 Å². The fourth-order valence-electron chi connectivity index (χ4n) is 3.88. The maximum atomic E-state index is 13.5. The number of unbranched alkanes of at least 4 members (excludes halogenated alkanes) is 1. The fraction of sp³-hybridized carbons (Fsp3) is 0.462. The Labute approximate surface area is 208 Å². The van der Waals surface area contributed by atoms with Gasteiger partial charge in [0, 0.05) is 55.5 Å². The van der Waals surface area contributed by atoms with Crippen LogP contribution < -0.4 is 4.74 Å². The van der Waals surface area contributed by atoms with Gasteiger partial charge in [-0.1, -0.05) is 25.7 Å². The van der Waals surface area contributed by atoms with Gasteiger partial charge in [-0.15, -0.1) is 0 Å². The van der Waals surface area contributed by atoms with E-state index in [1.807, 2.05) is 13.8 Å². The number of amides is 1. The van der Waals surface area contributed by atoms with Crippen LogP contribution in [-0.4, -0.2) is 72.5 Å². The van der Waals surface area contributed by atoms with Crippen molar-refractivity contribution in [3.63, 3.8) is 0 Å². The summed E-state index contributed by atoms with van der Waals surface area (Å²) in [6.07, 6.45) is 4.29. The van der Waals surface area contributed by atoms with Gasteiger partial charge in [-0.25, -0.2) is 8.42 Å². The highest BCUT2D eigenvalue weighted by Gasteiger charge is 2.38. The zero-order valence-corrected chi connectivity index (χ0v) is 21.5. The van der Waals surface area contributed by atoms with Crippen LogP contribution in [-0.2, 0) is 10.0 Å². The number of benzene rings is 1. The molecule has 1 aliphatic rings. The van der Waals surface area contributed by atoms with Gasteiger partial charge < -0.3 is 14.7 Å². The van der Waals surface area contributed by atoms with E-state index in [0.717, 1.165) is 12.8 Å². The molecule has 188 valence electrons. The van der Waals surface area contributed by atoms with Crippen molar-refractivity contribution in [3.05, 3.63) is 53.9 Å². The van der Waals surface area contributed by atoms with Crippen molar-refractivity contribution in [3.8, 4) is 17.6 Å². The second-order valence-electron chi connectivity index (χ2n) is 8.87. The second-order valence-corrected chi connectivity index (χ2v) is 10.7. The summed E-state index contributed by atoms with van der Waals surface area (Å²) >= 11 is 0. The molecule has 0 aliphatic carbocycles. The number of likely N-dealkylation sites (N-methyl/N-ethyl adjacent to an activating group) is 1. The normalized spacial score (nSPS) is 20.3. The van der Waals surface area contributed by atoms with E-state index < -0.39 is 22.2 Å². The third kappa shape index (κ3) is 6.20. The minimum atomic E-state index is -3.93. The maximum absolute atomic E-state index is 13.5. The summed E-state index contributed by atoms with van der Waals surface area (Å²) in [7, 11) is -2.24. The van der Waals surface area contributed by atoms with Crippen LogP contribution in [0.3, 0.4) is 0 Å². The number of aliphatic hydroxyl groups excluding tert-OH is 1. The number of fused-ring (bicyclic) bond motifs is 1. The van der Waals surface area contributed by atoms with Gasteiger partial charge in [0.1, 0.15) is 16.7 Å². The molecule has 8 nitrogen and oxygen atoms in total. The van der Waals surface area contributed by atoms with Gasteiger partial charge in [0.2, 0.25) is 10.0 Å². The van der Waals surface area contributed by atoms with Crippen LogP contribution in [0.2, 0.25) is 0 Å². The smallest absolute Gasteiger partial charge is 0.253 e. The highest BCUT2D eigenvalue weighted by molar-refractivity contribution is 7.89. The van der Waals surface area contributed by atoms with Gasteiger partial charge in [0.25, 0.3) is 5.91 Å². The van der Waals surface area contributed by atoms with E-state index >= 15 is 0 Å². The van der Waals surface area contributed by atoms with Crippen LogP contribution in [0.1, 0.15) is 49.5 Å². The third-order valence-electron chi connectivity index (χ3n) is 6.00. The lowest BCUT2D eigenvalue weighted by molar-refractivity contribution is 0.0563. The molecule has 1 N–H and O–H groups in total. The number of rotatable bonds is 6. The summed E-state index contributed by atoms with van der Waals surface area (Å²) in [4.78, 5) is 18.5. The molecule has 1 aliphatic heterocycles. The first-order chi connectivity index (χ1) is 16.7. The standard InChI is InChI=1S/C26H33N3O5S/c1-5-6-7-8-21-9-10-25-23(15-21)34-24(17-28(4)26(31)22-11-13-27-14-12-22)19(2)16-29(20(3)18-30)35(25,32)33/h9-15,19-20,24,30H,5-6,16-18H2,1-4H3/t19-,20+,24+/m1/s1. The average Bonchev–Trinajstić information content (AvgIpc) is 2.85. The SMILES string of the molecule is CCCC#Cc1ccc2c(c1)O[C@@H](CN(C)C(=O)c1ccncc1)[C@H](C)CN([C@@H](C)CO)S2(=O)=O. The van der Waals surface area contributed by atoms with E-state index in [2.05, 4.69) is 16.8 Å². The maximum Gasteiger partial charge on any atom is 0.253 e. The Hall–Kier alpha value is -2.93. The number of pyridine rings is 1. The first-order valence-electron chi connectivity index (χ1n) is 11.8. The van der Waals surface area contributed by atoms with Crippen molar-refractivity contribution >= 4 is 15.9 Å². The molecule has 0 bridgehead atoms. The lowest BCUT2D eigenvalue weighted by atomic mass is 10.0. The molecule has 0 saturated heterocycles. The van der Waals surface area contributed by atoms with E-state index in [1.165, 1.54) is 10.4 Å². The van der Waals surface area contributed by atoms with Crippen LogP contribution >= 0.6 is 0 Å². The third-order valence-corrected chi connectivity index (χ3v) is 8.02. The van der Waals surface area contributed by atoms with E-state index in [9.17, 15) is 18.3 Å². The minimum absolute atomic E-state index is 0.0267. The van der Waals surface area contributed by atoms with Gasteiger partial charge in [0.05, 0.1) is 13.2 Å². The Balaban J connectivity index is 2.01. The number of hydrogen-bond donors (Lipinski definition) is 1. The summed E-state index contributed by atoms with van der Waals surface area (Å²) in [5.74, 6) is 5.88. The second kappa shape index (κ2) is 11.7. The van der Waals surface area contributed by atoms with Crippen molar-refractivity contribution in [2.24, 2.45) is 5.92 Å². The van der Waals surface area contributed by atoms with Crippen LogP contribution in [0, 0.1) is 17.8 Å². The number of aromatic nitrogens is 1. The zero-order chi connectivity index (χ0) is 25.6. The number of nitrogens with zero attached hydrogens (tertiary/aromatic N) is 3. The predicted octanol–water partition coefficient (Wildman–Crippen LogP) is 2.77. The van der Waals surface area contributed by atoms with Gasteiger partial charge in [-0.3, -0.25) is 9.78 Å². The largest absolute Gasteiger partial charge is 0.487 e. The molecular weight excluding hydrogens is 466 g/mol. The molecule has 3 rings (SSSR count). The fourth-order valence-corrected chi connectivity index (χ4v) is 5.70. The first kappa shape index (κ1) is 26.7. The molecule has 1 aromatic carbocycles. The number of sulfonamides is 1. The van der Waals surface area contributed by atoms with E-state index in [-0.39, 0.29) is 42.2 Å². The Morgan fingerprint density at radius 3 is 2.69 bits per heavy atom. The van der Waals surface area contributed by atoms with Crippen molar-refractivity contribution in [2.45, 2.75) is 50.7 Å². The van der Waals surface area contributed by atoms with Crippen LogP contribution in [0.5, 0.6) is 5.75 Å². The highest BCUT2D eigenvalue weighted by Crippen LogP contribution is 2.34. The van der Waals surface area contributed by atoms with E-state index in [1.54, 1.807) is 55.5 Å². The van der Waals surface area contributed by atoms with Crippen LogP contribution in [0.25, 0.3) is 0 Å². The Kier molecular flexibility index (Phi) is 8.89. The Morgan fingerprint density at radius 1 is 1.31 bits per heavy atom. The molecule has 2 aromatic rings. The Morgan fingerprint density at radius 2 is 2.03 bits per heavy atom. The van der Waals surface area contributed by atoms with Crippen LogP contribution in [0.4, 0.5) is 0 Å². The number of carbonyl (C=O) groups is 1. The topological polar surface area (TPSA) is 100 Å². The monoisotopic (exact) mass is 499 g/mol. The summed E-state index contributed by atoms with van der Waals surface area (Å²) < 4.78 is 34.7. The molecule has 9 heteroatoms. The molecule has 0 saturated carbocycles. The quantitative estimate of drug-likeness (QED) is 0.614. The Bertz CT molecular complexity index is 1190. The van der Waals surface area contributed by atoms with Gasteiger partial charge in [0.15, 0.2) is 0 Å². The van der Waals surface area contributed by atoms with E-state index in [4.69, 9.17) is 4.74 Å². The average molecular weight is 500 g/mol. The lowest BCUT2D eigenvalue weighted by Crippen LogP contribution is -2.50. The molecule has 2 heterocycles. The number of ether oxygens (including phenoxy) is 1. The van der Waals surface area contributed by atoms with Crippen molar-refractivity contribution in [2.75, 3.05) is 26.7 Å². The highest BCUT2D eigenvalue weighted by atomic mass is 32.2. The van der Waals surface area contributed by atoms with E-state index in [0.29, 0.717) is 11.1 Å². The lowest BCUT2D eigenvalue weighted by Gasteiger charge is -2.37. The molecule has 3 atom stereocenters. The molecular formula is C26H33N3O5S. The summed E-state index contributed by atoms with van der Waals surface area (Å²) in [5, 5.41) is 9.78. The predicted molar refractivity (Wildman–Crippen MR) is 133 cm³/mol. The van der Waals surface area contributed by atoms with Crippen molar-refractivity contribution in [1.82, 2.24) is 14.2 Å². The summed E-state index contributed by atoms with van der Waals surface area (Å²) in [6.45, 7) is 5.67. The molecule has 35 heavy (non-hydrogen) atoms. The van der Waals surface area contributed by atoms with Gasteiger partial charge in [-0.2, -0.15) is 4.31 Å². The molecule has 0 unspecified atom stereocenters. The number of carbonyl (C=O) groups excluding carboxylic acids is 1. The van der Waals surface area contributed by atoms with Gasteiger partial charge >= 0.3 is 0 Å². The van der Waals surface area contributed by atoms with Crippen molar-refractivity contribution in [1.29, 1.82) is 0 Å². The molecule has 1 amide bonds. The minimum Gasteiger partial charge on any atom is -0.487 e. The van der Waals surface area contributed by atoms with Crippen LogP contribution in [0.15, 0.2) is 47.6 Å². The molecule has 0 spiro atoms. The number of hydrogen-bond acceptors (Lipinski definition) is 6.